The molecule has 0 saturated carbocycles. The number of aromatic nitrogens is 5. The van der Waals surface area contributed by atoms with E-state index in [0.717, 1.165) is 6.20 Å². The summed E-state index contributed by atoms with van der Waals surface area (Å²) in [6, 6.07) is 9.73. The number of nitrogen functional groups attached to an aromatic ring is 1. The number of nitrogens with one attached hydrogen (secondary N) is 2. The predicted octanol–water partition coefficient (Wildman–Crippen LogP) is 3.67. The lowest BCUT2D eigenvalue weighted by molar-refractivity contribution is 0.618. The van der Waals surface area contributed by atoms with Crippen molar-refractivity contribution in [2.45, 2.75) is 13.0 Å². The van der Waals surface area contributed by atoms with Crippen LogP contribution < -0.4 is 16.6 Å². The van der Waals surface area contributed by atoms with Crippen LogP contribution in [0.25, 0.3) is 27.8 Å². The van der Waals surface area contributed by atoms with Crippen molar-refractivity contribution in [1.29, 1.82) is 0 Å². The Kier molecular flexibility index (Phi) is 4.54. The van der Waals surface area contributed by atoms with Crippen LogP contribution in [0.15, 0.2) is 59.8 Å². The van der Waals surface area contributed by atoms with E-state index in [9.17, 15) is 13.6 Å². The molecule has 0 aliphatic rings. The number of imidazole rings is 1. The van der Waals surface area contributed by atoms with E-state index in [1.807, 2.05) is 6.92 Å². The van der Waals surface area contributed by atoms with Crippen LogP contribution in [0.3, 0.4) is 0 Å². The molecule has 10 heteroatoms. The van der Waals surface area contributed by atoms with Crippen molar-refractivity contribution >= 4 is 28.4 Å². The Morgan fingerprint density at radius 2 is 1.84 bits per heavy atom. The van der Waals surface area contributed by atoms with Crippen LogP contribution in [0.2, 0.25) is 0 Å². The number of rotatable bonds is 4. The number of aromatic amines is 1. The van der Waals surface area contributed by atoms with E-state index in [4.69, 9.17) is 5.73 Å². The molecule has 4 heterocycles. The largest absolute Gasteiger partial charge is 0.368 e. The average Bonchev–Trinajstić information content (AvgIpc) is 3.23. The van der Waals surface area contributed by atoms with Gasteiger partial charge in [0.1, 0.15) is 17.2 Å². The summed E-state index contributed by atoms with van der Waals surface area (Å²) in [6.45, 7) is 1.85. The molecule has 0 aliphatic carbocycles. The van der Waals surface area contributed by atoms with Crippen molar-refractivity contribution in [2.24, 2.45) is 0 Å². The average molecular weight is 433 g/mol. The smallest absolute Gasteiger partial charge is 0.263 e. The van der Waals surface area contributed by atoms with Gasteiger partial charge in [0, 0.05) is 11.7 Å². The van der Waals surface area contributed by atoms with Crippen molar-refractivity contribution in [3.05, 3.63) is 82.5 Å². The van der Waals surface area contributed by atoms with Gasteiger partial charge < -0.3 is 16.0 Å². The first-order chi connectivity index (χ1) is 15.4. The van der Waals surface area contributed by atoms with Gasteiger partial charge in [0.25, 0.3) is 5.56 Å². The van der Waals surface area contributed by atoms with E-state index in [1.54, 1.807) is 6.07 Å². The Morgan fingerprint density at radius 3 is 2.62 bits per heavy atom. The van der Waals surface area contributed by atoms with Crippen molar-refractivity contribution in [1.82, 2.24) is 24.3 Å². The fourth-order valence-electron chi connectivity index (χ4n) is 3.74. The summed E-state index contributed by atoms with van der Waals surface area (Å²) in [5.41, 5.74) is 8.30. The molecule has 0 aliphatic heterocycles. The monoisotopic (exact) mass is 433 g/mol. The van der Waals surface area contributed by atoms with Crippen LogP contribution in [-0.4, -0.2) is 24.3 Å². The molecule has 1 aromatic carbocycles. The van der Waals surface area contributed by atoms with Gasteiger partial charge in [0.2, 0.25) is 5.95 Å². The lowest BCUT2D eigenvalue weighted by atomic mass is 9.96. The number of anilines is 2. The quantitative estimate of drug-likeness (QED) is 0.399. The molecule has 4 aromatic heterocycles. The minimum atomic E-state index is -0.541. The lowest BCUT2D eigenvalue weighted by Crippen LogP contribution is -2.21. The summed E-state index contributed by atoms with van der Waals surface area (Å²) >= 11 is 0. The van der Waals surface area contributed by atoms with Gasteiger partial charge in [-0.05, 0) is 48.4 Å². The summed E-state index contributed by atoms with van der Waals surface area (Å²) in [4.78, 5) is 28.8. The Morgan fingerprint density at radius 1 is 1.09 bits per heavy atom. The van der Waals surface area contributed by atoms with Gasteiger partial charge in [-0.3, -0.25) is 9.20 Å². The molecule has 0 saturated heterocycles. The van der Waals surface area contributed by atoms with Gasteiger partial charge >= 0.3 is 0 Å². The zero-order valence-electron chi connectivity index (χ0n) is 16.8. The van der Waals surface area contributed by atoms with Gasteiger partial charge in [0.15, 0.2) is 11.5 Å². The summed E-state index contributed by atoms with van der Waals surface area (Å²) < 4.78 is 28.6. The molecule has 5 rings (SSSR count). The topological polar surface area (TPSA) is 114 Å². The number of H-pyrrole nitrogens is 1. The Hall–Kier alpha value is -4.34. The van der Waals surface area contributed by atoms with Gasteiger partial charge in [0.05, 0.1) is 17.9 Å². The molecule has 4 N–H and O–H groups in total. The fraction of sp³-hybridized carbons (Fsp3) is 0.0909. The number of fused-ring (bicyclic) bond motifs is 2. The number of nitrogens with zero attached hydrogens (tertiary/aromatic N) is 4. The van der Waals surface area contributed by atoms with E-state index in [0.29, 0.717) is 39.2 Å². The third-order valence-electron chi connectivity index (χ3n) is 5.22. The van der Waals surface area contributed by atoms with Crippen LogP contribution >= 0.6 is 0 Å². The van der Waals surface area contributed by atoms with Crippen LogP contribution in [-0.2, 0) is 0 Å². The first-order valence-corrected chi connectivity index (χ1v) is 9.74. The molecule has 1 atom stereocenters. The van der Waals surface area contributed by atoms with Gasteiger partial charge in [-0.1, -0.05) is 12.1 Å². The van der Waals surface area contributed by atoms with Crippen LogP contribution in [0.5, 0.6) is 0 Å². The molecule has 5 aromatic rings. The normalized spacial score (nSPS) is 12.3. The van der Waals surface area contributed by atoms with E-state index in [2.05, 4.69) is 25.3 Å². The second-order valence-electron chi connectivity index (χ2n) is 7.33. The number of benzene rings is 1. The fourth-order valence-corrected chi connectivity index (χ4v) is 3.74. The van der Waals surface area contributed by atoms with Crippen molar-refractivity contribution in [3.63, 3.8) is 0 Å². The molecule has 0 bridgehead atoms. The standard InChI is InChI=1S/C22H17F2N7O/c1-11(28-20-18-19(27-10-26-18)29-22(25)30-20)16-8-15-7-6-14(24)9-31(15)21(32)17(16)12-2-4-13(23)5-3-12/h2-11H,1H3,(H4,25,26,27,28,29,30). The molecule has 160 valence electrons. The molecule has 0 radical (unpaired) electrons. The highest BCUT2D eigenvalue weighted by Crippen LogP contribution is 2.30. The maximum Gasteiger partial charge on any atom is 0.263 e. The molecule has 1 unspecified atom stereocenters. The summed E-state index contributed by atoms with van der Waals surface area (Å²) in [5.74, 6) is -0.512. The highest BCUT2D eigenvalue weighted by Gasteiger charge is 2.20. The predicted molar refractivity (Wildman–Crippen MR) is 117 cm³/mol. The number of halogens is 2. The molecular weight excluding hydrogens is 416 g/mol. The second-order valence-corrected chi connectivity index (χ2v) is 7.33. The zero-order chi connectivity index (χ0) is 22.4. The van der Waals surface area contributed by atoms with Crippen LogP contribution in [0.1, 0.15) is 18.5 Å². The number of pyridine rings is 2. The first kappa shape index (κ1) is 19.6. The molecule has 0 amide bonds. The molecular formula is C22H17F2N7O. The minimum Gasteiger partial charge on any atom is -0.368 e. The van der Waals surface area contributed by atoms with E-state index >= 15 is 0 Å². The number of hydrogen-bond donors (Lipinski definition) is 3. The number of nitrogens with two attached hydrogens (primary N) is 1. The van der Waals surface area contributed by atoms with Crippen LogP contribution in [0, 0.1) is 11.6 Å². The Balaban J connectivity index is 1.70. The summed E-state index contributed by atoms with van der Waals surface area (Å²) in [6.07, 6.45) is 2.61. The minimum absolute atomic E-state index is 0.0595. The lowest BCUT2D eigenvalue weighted by Gasteiger charge is -2.20. The SMILES string of the molecule is CC(Nc1nc(N)nc2[nH]cnc12)c1cc2ccc(F)cn2c(=O)c1-c1ccc(F)cc1. The maximum atomic E-state index is 13.8. The van der Waals surface area contributed by atoms with Crippen molar-refractivity contribution in [2.75, 3.05) is 11.1 Å². The number of hydrogen-bond acceptors (Lipinski definition) is 6. The highest BCUT2D eigenvalue weighted by molar-refractivity contribution is 5.84. The van der Waals surface area contributed by atoms with Crippen molar-refractivity contribution in [3.8, 4) is 11.1 Å². The highest BCUT2D eigenvalue weighted by atomic mass is 19.1. The molecule has 32 heavy (non-hydrogen) atoms. The van der Waals surface area contributed by atoms with E-state index in [1.165, 1.54) is 47.1 Å². The Bertz CT molecular complexity index is 1530. The third kappa shape index (κ3) is 3.31. The maximum absolute atomic E-state index is 13.8. The first-order valence-electron chi connectivity index (χ1n) is 9.74. The van der Waals surface area contributed by atoms with Gasteiger partial charge in [-0.15, -0.1) is 0 Å². The van der Waals surface area contributed by atoms with Gasteiger partial charge in [-0.25, -0.2) is 13.8 Å². The van der Waals surface area contributed by atoms with Crippen molar-refractivity contribution < 1.29 is 8.78 Å². The van der Waals surface area contributed by atoms with Gasteiger partial charge in [-0.2, -0.15) is 9.97 Å². The molecule has 8 nitrogen and oxygen atoms in total. The van der Waals surface area contributed by atoms with E-state index < -0.39 is 23.2 Å². The summed E-state index contributed by atoms with van der Waals surface area (Å²) in [7, 11) is 0. The molecule has 0 fully saturated rings. The Labute approximate surface area is 179 Å². The third-order valence-corrected chi connectivity index (χ3v) is 5.22. The summed E-state index contributed by atoms with van der Waals surface area (Å²) in [5, 5.41) is 3.24. The zero-order valence-corrected chi connectivity index (χ0v) is 16.8. The van der Waals surface area contributed by atoms with Crippen LogP contribution in [0.4, 0.5) is 20.5 Å². The van der Waals surface area contributed by atoms with E-state index in [-0.39, 0.29) is 5.95 Å². The molecule has 0 spiro atoms. The second kappa shape index (κ2) is 7.41.